The molecule has 1 aromatic carbocycles. The Labute approximate surface area is 157 Å². The molecule has 27 heavy (non-hydrogen) atoms. The zero-order valence-corrected chi connectivity index (χ0v) is 14.8. The minimum absolute atomic E-state index is 0.281. The molecule has 2 heterocycles. The minimum atomic E-state index is -0.281. The number of pyridine rings is 1. The van der Waals surface area contributed by atoms with E-state index in [1.54, 1.807) is 0 Å². The number of benzene rings is 1. The van der Waals surface area contributed by atoms with E-state index in [0.717, 1.165) is 36.2 Å². The highest BCUT2D eigenvalue weighted by Gasteiger charge is 2.38. The van der Waals surface area contributed by atoms with Gasteiger partial charge < -0.3 is 5.21 Å². The number of oxime groups is 1. The Morgan fingerprint density at radius 2 is 1.81 bits per heavy atom. The third kappa shape index (κ3) is 2.58. The molecule has 1 saturated carbocycles. The van der Waals surface area contributed by atoms with Gasteiger partial charge in [-0.25, -0.2) is 0 Å². The van der Waals surface area contributed by atoms with Crippen LogP contribution >= 0.6 is 0 Å². The van der Waals surface area contributed by atoms with Crippen LogP contribution in [0.2, 0.25) is 0 Å². The number of nitrogens with zero attached hydrogens (tertiary/aromatic N) is 3. The van der Waals surface area contributed by atoms with Gasteiger partial charge in [0, 0.05) is 41.4 Å². The summed E-state index contributed by atoms with van der Waals surface area (Å²) in [6.45, 7) is 0. The predicted octanol–water partition coefficient (Wildman–Crippen LogP) is 3.95. The van der Waals surface area contributed by atoms with E-state index in [1.165, 1.54) is 11.1 Å². The molecule has 0 spiro atoms. The van der Waals surface area contributed by atoms with Crippen molar-refractivity contribution in [1.82, 2.24) is 15.2 Å². The van der Waals surface area contributed by atoms with Crippen LogP contribution < -0.4 is 0 Å². The van der Waals surface area contributed by atoms with Gasteiger partial charge in [0.05, 0.1) is 0 Å². The summed E-state index contributed by atoms with van der Waals surface area (Å²) >= 11 is 0. The van der Waals surface area contributed by atoms with Crippen LogP contribution in [0.3, 0.4) is 0 Å². The van der Waals surface area contributed by atoms with Crippen molar-refractivity contribution in [3.8, 4) is 0 Å². The van der Waals surface area contributed by atoms with Gasteiger partial charge in [0.15, 0.2) is 0 Å². The normalized spacial score (nSPS) is 21.9. The van der Waals surface area contributed by atoms with E-state index >= 15 is 0 Å². The van der Waals surface area contributed by atoms with Gasteiger partial charge in [-0.2, -0.15) is 5.10 Å². The fraction of sp³-hybridized carbons (Fsp3) is 0.227. The SMILES string of the molecule is ON=C(c1n[nH]c2c1C=CC(c1ccccc1)(c1ccncc1)C2)C1CC1. The van der Waals surface area contributed by atoms with E-state index in [-0.39, 0.29) is 5.41 Å². The summed E-state index contributed by atoms with van der Waals surface area (Å²) < 4.78 is 0. The average molecular weight is 356 g/mol. The molecule has 0 radical (unpaired) electrons. The van der Waals surface area contributed by atoms with Crippen LogP contribution in [0.4, 0.5) is 0 Å². The first-order valence-electron chi connectivity index (χ1n) is 9.26. The molecule has 2 aromatic heterocycles. The molecular formula is C22H20N4O. The van der Waals surface area contributed by atoms with Gasteiger partial charge in [0.1, 0.15) is 11.4 Å². The molecule has 0 aliphatic heterocycles. The molecule has 5 heteroatoms. The molecule has 2 N–H and O–H groups in total. The van der Waals surface area contributed by atoms with Gasteiger partial charge in [-0.1, -0.05) is 47.6 Å². The van der Waals surface area contributed by atoms with Crippen molar-refractivity contribution >= 4 is 11.8 Å². The summed E-state index contributed by atoms with van der Waals surface area (Å²) in [6, 6.07) is 14.7. The molecular weight excluding hydrogens is 336 g/mol. The molecule has 1 atom stereocenters. The second-order valence-electron chi connectivity index (χ2n) is 7.31. The highest BCUT2D eigenvalue weighted by Crippen LogP contribution is 2.42. The lowest BCUT2D eigenvalue weighted by molar-refractivity contribution is 0.317. The Morgan fingerprint density at radius 3 is 2.52 bits per heavy atom. The molecule has 2 aliphatic rings. The second-order valence-corrected chi connectivity index (χ2v) is 7.31. The summed E-state index contributed by atoms with van der Waals surface area (Å²) in [4.78, 5) is 4.19. The maximum atomic E-state index is 9.47. The third-order valence-corrected chi connectivity index (χ3v) is 5.67. The summed E-state index contributed by atoms with van der Waals surface area (Å²) in [7, 11) is 0. The van der Waals surface area contributed by atoms with Crippen molar-refractivity contribution in [2.75, 3.05) is 0 Å². The molecule has 3 aromatic rings. The van der Waals surface area contributed by atoms with Gasteiger partial charge in [0.2, 0.25) is 0 Å². The van der Waals surface area contributed by atoms with Crippen LogP contribution in [0.1, 0.15) is 40.9 Å². The number of H-pyrrole nitrogens is 1. The molecule has 5 rings (SSSR count). The lowest BCUT2D eigenvalue weighted by atomic mass is 9.68. The zero-order chi connectivity index (χ0) is 18.3. The summed E-state index contributed by atoms with van der Waals surface area (Å²) in [5.74, 6) is 0.330. The van der Waals surface area contributed by atoms with Gasteiger partial charge in [0.25, 0.3) is 0 Å². The van der Waals surface area contributed by atoms with Crippen LogP contribution in [0.15, 0.2) is 66.1 Å². The highest BCUT2D eigenvalue weighted by atomic mass is 16.4. The maximum absolute atomic E-state index is 9.47. The molecule has 1 unspecified atom stereocenters. The molecule has 1 fully saturated rings. The smallest absolute Gasteiger partial charge is 0.117 e. The number of rotatable bonds is 4. The van der Waals surface area contributed by atoms with Crippen LogP contribution in [-0.4, -0.2) is 26.1 Å². The van der Waals surface area contributed by atoms with Crippen LogP contribution in [0.25, 0.3) is 6.08 Å². The van der Waals surface area contributed by atoms with Crippen molar-refractivity contribution in [3.05, 3.63) is 89.0 Å². The topological polar surface area (TPSA) is 74.2 Å². The first-order valence-corrected chi connectivity index (χ1v) is 9.26. The van der Waals surface area contributed by atoms with Crippen molar-refractivity contribution in [2.45, 2.75) is 24.7 Å². The van der Waals surface area contributed by atoms with Crippen LogP contribution in [0, 0.1) is 5.92 Å². The fourth-order valence-electron chi connectivity index (χ4n) is 4.09. The van der Waals surface area contributed by atoms with E-state index < -0.39 is 0 Å². The highest BCUT2D eigenvalue weighted by molar-refractivity contribution is 6.04. The standard InChI is InChI=1S/C22H20N4O/c27-26-20(15-6-7-15)21-18-8-11-22(14-19(18)24-25-21,16-4-2-1-3-5-16)17-9-12-23-13-10-17/h1-5,8-13,15,27H,6-7,14H2,(H,24,25). The lowest BCUT2D eigenvalue weighted by Crippen LogP contribution is -2.30. The molecule has 0 saturated heterocycles. The Bertz CT molecular complexity index is 977. The van der Waals surface area contributed by atoms with Crippen molar-refractivity contribution in [3.63, 3.8) is 0 Å². The number of aromatic amines is 1. The maximum Gasteiger partial charge on any atom is 0.117 e. The number of nitrogens with one attached hydrogen (secondary N) is 1. The number of allylic oxidation sites excluding steroid dienone is 1. The quantitative estimate of drug-likeness (QED) is 0.422. The number of hydrogen-bond acceptors (Lipinski definition) is 4. The first kappa shape index (κ1) is 16.0. The van der Waals surface area contributed by atoms with E-state index in [1.807, 2.05) is 18.5 Å². The Hall–Kier alpha value is -3.21. The fourth-order valence-corrected chi connectivity index (χ4v) is 4.09. The zero-order valence-electron chi connectivity index (χ0n) is 14.8. The van der Waals surface area contributed by atoms with Crippen LogP contribution in [-0.2, 0) is 11.8 Å². The number of aromatic nitrogens is 3. The number of hydrogen-bond donors (Lipinski definition) is 2. The molecule has 134 valence electrons. The molecule has 0 bridgehead atoms. The Balaban J connectivity index is 1.63. The van der Waals surface area contributed by atoms with Crippen molar-refractivity contribution in [1.29, 1.82) is 0 Å². The summed E-state index contributed by atoms with van der Waals surface area (Å²) in [6.07, 6.45) is 10.9. The van der Waals surface area contributed by atoms with Crippen molar-refractivity contribution in [2.24, 2.45) is 11.1 Å². The third-order valence-electron chi connectivity index (χ3n) is 5.67. The monoisotopic (exact) mass is 356 g/mol. The Morgan fingerprint density at radius 1 is 1.07 bits per heavy atom. The lowest BCUT2D eigenvalue weighted by Gasteiger charge is -2.34. The van der Waals surface area contributed by atoms with E-state index in [4.69, 9.17) is 0 Å². The van der Waals surface area contributed by atoms with E-state index in [9.17, 15) is 5.21 Å². The van der Waals surface area contributed by atoms with Crippen LogP contribution in [0.5, 0.6) is 0 Å². The minimum Gasteiger partial charge on any atom is -0.411 e. The van der Waals surface area contributed by atoms with Gasteiger partial charge in [-0.3, -0.25) is 10.1 Å². The van der Waals surface area contributed by atoms with E-state index in [0.29, 0.717) is 11.6 Å². The Kier molecular flexibility index (Phi) is 3.67. The molecule has 2 aliphatic carbocycles. The summed E-state index contributed by atoms with van der Waals surface area (Å²) in [5.41, 5.74) is 5.73. The largest absolute Gasteiger partial charge is 0.411 e. The number of fused-ring (bicyclic) bond motifs is 1. The first-order chi connectivity index (χ1) is 13.3. The molecule has 0 amide bonds. The predicted molar refractivity (Wildman–Crippen MR) is 104 cm³/mol. The van der Waals surface area contributed by atoms with Gasteiger partial charge in [-0.15, -0.1) is 0 Å². The second kappa shape index (κ2) is 6.20. The van der Waals surface area contributed by atoms with Gasteiger partial charge >= 0.3 is 0 Å². The van der Waals surface area contributed by atoms with E-state index in [2.05, 4.69) is 68.9 Å². The van der Waals surface area contributed by atoms with Crippen molar-refractivity contribution < 1.29 is 5.21 Å². The molecule has 5 nitrogen and oxygen atoms in total. The summed E-state index contributed by atoms with van der Waals surface area (Å²) in [5, 5.41) is 20.7. The van der Waals surface area contributed by atoms with Gasteiger partial charge in [-0.05, 0) is 36.1 Å². The average Bonchev–Trinajstić information content (AvgIpc) is 3.49.